The number of hydrogen-bond donors (Lipinski definition) is 1. The van der Waals surface area contributed by atoms with Crippen LogP contribution in [0.3, 0.4) is 0 Å². The van der Waals surface area contributed by atoms with Crippen LogP contribution in [0.4, 0.5) is 22.4 Å². The minimum atomic E-state index is -4.56. The quantitative estimate of drug-likeness (QED) is 0.732. The van der Waals surface area contributed by atoms with E-state index in [2.05, 4.69) is 0 Å². The highest BCUT2D eigenvalue weighted by molar-refractivity contribution is 5.80. The smallest absolute Gasteiger partial charge is 0.369 e. The number of carbonyl (C=O) groups is 2. The van der Waals surface area contributed by atoms with Gasteiger partial charge < -0.3 is 15.5 Å². The SMILES string of the molecule is NC(=O)C1CCN(C(=O)N2CC3(CCN(Cc4ccc(C(F)(F)F)cc4F)CC3)C2)C1. The molecule has 0 saturated carbocycles. The average molecular weight is 442 g/mol. The van der Waals surface area contributed by atoms with E-state index < -0.39 is 17.6 Å². The van der Waals surface area contributed by atoms with Gasteiger partial charge in [0, 0.05) is 43.7 Å². The molecule has 4 rings (SSSR count). The predicted molar refractivity (Wildman–Crippen MR) is 104 cm³/mol. The van der Waals surface area contributed by atoms with E-state index in [4.69, 9.17) is 5.73 Å². The van der Waals surface area contributed by atoms with Crippen LogP contribution in [0.2, 0.25) is 0 Å². The van der Waals surface area contributed by atoms with Gasteiger partial charge in [0.2, 0.25) is 5.91 Å². The average Bonchev–Trinajstić information content (AvgIpc) is 3.18. The van der Waals surface area contributed by atoms with Gasteiger partial charge in [-0.25, -0.2) is 9.18 Å². The Morgan fingerprint density at radius 1 is 1.10 bits per heavy atom. The number of alkyl halides is 3. The zero-order valence-corrected chi connectivity index (χ0v) is 17.1. The molecule has 1 aromatic carbocycles. The molecule has 170 valence electrons. The number of primary amides is 1. The molecule has 3 amide bonds. The van der Waals surface area contributed by atoms with Crippen molar-refractivity contribution in [1.29, 1.82) is 0 Å². The summed E-state index contributed by atoms with van der Waals surface area (Å²) < 4.78 is 52.2. The summed E-state index contributed by atoms with van der Waals surface area (Å²) in [5, 5.41) is 0. The van der Waals surface area contributed by atoms with E-state index in [1.807, 2.05) is 4.90 Å². The van der Waals surface area contributed by atoms with Crippen LogP contribution in [0.25, 0.3) is 0 Å². The summed E-state index contributed by atoms with van der Waals surface area (Å²) in [6.45, 7) is 3.92. The Labute approximate surface area is 177 Å². The Morgan fingerprint density at radius 3 is 2.32 bits per heavy atom. The van der Waals surface area contributed by atoms with E-state index in [0.29, 0.717) is 51.8 Å². The lowest BCUT2D eigenvalue weighted by Gasteiger charge is -2.54. The zero-order valence-electron chi connectivity index (χ0n) is 17.1. The van der Waals surface area contributed by atoms with Crippen molar-refractivity contribution in [2.75, 3.05) is 39.3 Å². The number of nitrogens with two attached hydrogens (primary N) is 1. The number of nitrogens with zero attached hydrogens (tertiary/aromatic N) is 3. The van der Waals surface area contributed by atoms with Crippen LogP contribution in [-0.2, 0) is 17.5 Å². The normalized spacial score (nSPS) is 23.8. The Bertz CT molecular complexity index is 859. The molecule has 1 unspecified atom stereocenters. The maximum absolute atomic E-state index is 14.1. The number of hydrogen-bond acceptors (Lipinski definition) is 3. The Morgan fingerprint density at radius 2 is 1.77 bits per heavy atom. The van der Waals surface area contributed by atoms with Crippen molar-refractivity contribution < 1.29 is 27.2 Å². The third-order valence-corrected chi connectivity index (χ3v) is 6.88. The third kappa shape index (κ3) is 4.49. The van der Waals surface area contributed by atoms with E-state index >= 15 is 0 Å². The Hall–Kier alpha value is -2.36. The van der Waals surface area contributed by atoms with Gasteiger partial charge in [-0.2, -0.15) is 13.2 Å². The molecule has 2 N–H and O–H groups in total. The fraction of sp³-hybridized carbons (Fsp3) is 0.619. The fourth-order valence-electron chi connectivity index (χ4n) is 4.86. The highest BCUT2D eigenvalue weighted by atomic mass is 19.4. The van der Waals surface area contributed by atoms with Crippen molar-refractivity contribution in [3.8, 4) is 0 Å². The molecular formula is C21H26F4N4O2. The van der Waals surface area contributed by atoms with Crippen LogP contribution in [0.15, 0.2) is 18.2 Å². The number of amides is 3. The molecular weight excluding hydrogens is 416 g/mol. The van der Waals surface area contributed by atoms with Crippen molar-refractivity contribution >= 4 is 11.9 Å². The first-order valence-corrected chi connectivity index (χ1v) is 10.5. The van der Waals surface area contributed by atoms with Crippen molar-refractivity contribution in [2.45, 2.75) is 32.0 Å². The predicted octanol–water partition coefficient (Wildman–Crippen LogP) is 2.67. The highest BCUT2D eigenvalue weighted by Gasteiger charge is 2.48. The van der Waals surface area contributed by atoms with Crippen molar-refractivity contribution in [3.63, 3.8) is 0 Å². The van der Waals surface area contributed by atoms with Crippen LogP contribution in [0, 0.1) is 17.2 Å². The topological polar surface area (TPSA) is 69.9 Å². The lowest BCUT2D eigenvalue weighted by molar-refractivity contribution is -0.137. The summed E-state index contributed by atoms with van der Waals surface area (Å²) in [6.07, 6.45) is -2.25. The number of likely N-dealkylation sites (tertiary alicyclic amines) is 3. The first-order chi connectivity index (χ1) is 14.6. The molecule has 31 heavy (non-hydrogen) atoms. The molecule has 1 atom stereocenters. The molecule has 0 bridgehead atoms. The standard InChI is InChI=1S/C21H26F4N4O2/c22-17-9-16(21(23,24)25)2-1-14(17)10-27-7-4-20(5-8-27)12-29(13-20)19(31)28-6-3-15(11-28)18(26)30/h1-2,9,15H,3-8,10-13H2,(H2,26,30). The number of urea groups is 1. The van der Waals surface area contributed by atoms with Gasteiger partial charge in [-0.1, -0.05) is 6.07 Å². The molecule has 0 aromatic heterocycles. The second kappa shape index (κ2) is 7.96. The molecule has 6 nitrogen and oxygen atoms in total. The molecule has 3 heterocycles. The number of halogens is 4. The maximum atomic E-state index is 14.1. The lowest BCUT2D eigenvalue weighted by atomic mass is 9.72. The van der Waals surface area contributed by atoms with E-state index in [1.165, 1.54) is 6.07 Å². The monoisotopic (exact) mass is 442 g/mol. The number of benzene rings is 1. The minimum absolute atomic E-state index is 0.0493. The van der Waals surface area contributed by atoms with Gasteiger partial charge in [-0.05, 0) is 44.5 Å². The van der Waals surface area contributed by atoms with Crippen LogP contribution in [0.5, 0.6) is 0 Å². The number of carbonyl (C=O) groups excluding carboxylic acids is 2. The van der Waals surface area contributed by atoms with Crippen molar-refractivity contribution in [1.82, 2.24) is 14.7 Å². The molecule has 1 spiro atoms. The van der Waals surface area contributed by atoms with E-state index in [-0.39, 0.29) is 35.4 Å². The van der Waals surface area contributed by atoms with Gasteiger partial charge in [-0.3, -0.25) is 9.69 Å². The molecule has 0 aliphatic carbocycles. The van der Waals surface area contributed by atoms with Crippen LogP contribution >= 0.6 is 0 Å². The van der Waals surface area contributed by atoms with Crippen LogP contribution in [-0.4, -0.2) is 65.9 Å². The fourth-order valence-corrected chi connectivity index (χ4v) is 4.86. The Balaban J connectivity index is 1.26. The summed E-state index contributed by atoms with van der Waals surface area (Å²) in [7, 11) is 0. The third-order valence-electron chi connectivity index (χ3n) is 6.88. The van der Waals surface area contributed by atoms with Crippen molar-refractivity contribution in [2.24, 2.45) is 17.1 Å². The first-order valence-electron chi connectivity index (χ1n) is 10.5. The summed E-state index contributed by atoms with van der Waals surface area (Å²) in [5.74, 6) is -1.48. The van der Waals surface area contributed by atoms with Crippen LogP contribution < -0.4 is 5.73 Å². The molecule has 3 aliphatic rings. The summed E-state index contributed by atoms with van der Waals surface area (Å²) in [5.41, 5.74) is 4.66. The van der Waals surface area contributed by atoms with Gasteiger partial charge >= 0.3 is 12.2 Å². The summed E-state index contributed by atoms with van der Waals surface area (Å²) in [6, 6.07) is 2.63. The highest BCUT2D eigenvalue weighted by Crippen LogP contribution is 2.41. The van der Waals surface area contributed by atoms with Gasteiger partial charge in [0.1, 0.15) is 5.82 Å². The van der Waals surface area contributed by atoms with Gasteiger partial charge in [-0.15, -0.1) is 0 Å². The van der Waals surface area contributed by atoms with E-state index in [0.717, 1.165) is 18.9 Å². The van der Waals surface area contributed by atoms with Gasteiger partial charge in [0.25, 0.3) is 0 Å². The van der Waals surface area contributed by atoms with E-state index in [9.17, 15) is 27.2 Å². The van der Waals surface area contributed by atoms with Crippen LogP contribution in [0.1, 0.15) is 30.4 Å². The summed E-state index contributed by atoms with van der Waals surface area (Å²) in [4.78, 5) is 29.5. The lowest BCUT2D eigenvalue weighted by Crippen LogP contribution is -2.63. The van der Waals surface area contributed by atoms with Crippen molar-refractivity contribution in [3.05, 3.63) is 35.1 Å². The molecule has 10 heteroatoms. The minimum Gasteiger partial charge on any atom is -0.369 e. The number of piperidine rings is 1. The van der Waals surface area contributed by atoms with Gasteiger partial charge in [0.15, 0.2) is 0 Å². The molecule has 3 fully saturated rings. The second-order valence-electron chi connectivity index (χ2n) is 9.05. The molecule has 0 radical (unpaired) electrons. The largest absolute Gasteiger partial charge is 0.416 e. The van der Waals surface area contributed by atoms with E-state index in [1.54, 1.807) is 9.80 Å². The zero-order chi connectivity index (χ0) is 22.4. The Kier molecular flexibility index (Phi) is 5.61. The molecule has 1 aromatic rings. The second-order valence-corrected chi connectivity index (χ2v) is 9.05. The maximum Gasteiger partial charge on any atom is 0.416 e. The van der Waals surface area contributed by atoms with Gasteiger partial charge in [0.05, 0.1) is 11.5 Å². The number of rotatable bonds is 3. The molecule has 3 saturated heterocycles. The first kappa shape index (κ1) is 21.9. The summed E-state index contributed by atoms with van der Waals surface area (Å²) >= 11 is 0. The molecule has 3 aliphatic heterocycles.